The van der Waals surface area contributed by atoms with Crippen molar-refractivity contribution in [1.82, 2.24) is 15.0 Å². The zero-order valence-electron chi connectivity index (χ0n) is 9.11. The maximum absolute atomic E-state index is 12.9. The van der Waals surface area contributed by atoms with E-state index in [0.29, 0.717) is 23.1 Å². The molecule has 0 bridgehead atoms. The minimum absolute atomic E-state index is 0.172. The number of hydrogen-bond donors (Lipinski definition) is 1. The van der Waals surface area contributed by atoms with Crippen LogP contribution >= 0.6 is 11.6 Å². The fraction of sp³-hybridized carbons (Fsp3) is 0.182. The summed E-state index contributed by atoms with van der Waals surface area (Å²) >= 11 is 5.92. The van der Waals surface area contributed by atoms with Gasteiger partial charge in [0.05, 0.1) is 0 Å². The van der Waals surface area contributed by atoms with Crippen LogP contribution in [0, 0.1) is 12.7 Å². The number of nitrogens with zero attached hydrogens (tertiary/aromatic N) is 3. The van der Waals surface area contributed by atoms with Gasteiger partial charge in [-0.15, -0.1) is 0 Å². The lowest BCUT2D eigenvalue weighted by Gasteiger charge is -2.04. The monoisotopic (exact) mass is 252 g/mol. The van der Waals surface area contributed by atoms with Crippen molar-refractivity contribution in [2.75, 3.05) is 5.73 Å². The van der Waals surface area contributed by atoms with Gasteiger partial charge < -0.3 is 5.73 Å². The Morgan fingerprint density at radius 2 is 2.06 bits per heavy atom. The second-order valence-corrected chi connectivity index (χ2v) is 3.98. The number of anilines is 1. The molecule has 1 aromatic carbocycles. The molecule has 1 heterocycles. The minimum atomic E-state index is -0.370. The first-order chi connectivity index (χ1) is 8.04. The van der Waals surface area contributed by atoms with Gasteiger partial charge in [-0.3, -0.25) is 0 Å². The summed E-state index contributed by atoms with van der Waals surface area (Å²) in [6.45, 7) is 1.73. The fourth-order valence-electron chi connectivity index (χ4n) is 1.47. The Hall–Kier alpha value is -1.75. The molecule has 0 saturated heterocycles. The molecule has 0 aliphatic rings. The smallest absolute Gasteiger partial charge is 0.223 e. The third kappa shape index (κ3) is 2.88. The second kappa shape index (κ2) is 4.63. The summed E-state index contributed by atoms with van der Waals surface area (Å²) in [7, 11) is 0. The summed E-state index contributed by atoms with van der Waals surface area (Å²) in [6.07, 6.45) is 0.396. The van der Waals surface area contributed by atoms with E-state index in [1.165, 1.54) is 12.1 Å². The highest BCUT2D eigenvalue weighted by molar-refractivity contribution is 6.31. The Balaban J connectivity index is 2.31. The molecule has 0 aliphatic carbocycles. The quantitative estimate of drug-likeness (QED) is 0.889. The Labute approximate surface area is 103 Å². The Bertz CT molecular complexity index is 539. The van der Waals surface area contributed by atoms with E-state index >= 15 is 0 Å². The van der Waals surface area contributed by atoms with Gasteiger partial charge in [-0.05, 0) is 24.6 Å². The molecule has 1 aromatic heterocycles. The molecule has 0 spiro atoms. The van der Waals surface area contributed by atoms with Crippen LogP contribution in [0.2, 0.25) is 5.02 Å². The van der Waals surface area contributed by atoms with E-state index in [4.69, 9.17) is 17.3 Å². The van der Waals surface area contributed by atoms with Crippen molar-refractivity contribution >= 4 is 17.5 Å². The van der Waals surface area contributed by atoms with Crippen LogP contribution in [0.1, 0.15) is 17.2 Å². The van der Waals surface area contributed by atoms with Crippen molar-refractivity contribution in [3.63, 3.8) is 0 Å². The molecular formula is C11H10ClFN4. The van der Waals surface area contributed by atoms with Crippen LogP contribution in [0.3, 0.4) is 0 Å². The molecular weight excluding hydrogens is 243 g/mol. The zero-order valence-corrected chi connectivity index (χ0v) is 9.87. The first-order valence-corrected chi connectivity index (χ1v) is 5.33. The number of benzene rings is 1. The first kappa shape index (κ1) is 11.7. The van der Waals surface area contributed by atoms with Crippen molar-refractivity contribution in [2.45, 2.75) is 13.3 Å². The standard InChI is InChI=1S/C11H10ClFN4/c1-6-15-10(17-11(14)16-6)4-7-2-3-8(13)5-9(7)12/h2-3,5H,4H2,1H3,(H2,14,15,16,17). The number of hydrogen-bond acceptors (Lipinski definition) is 4. The maximum Gasteiger partial charge on any atom is 0.223 e. The summed E-state index contributed by atoms with van der Waals surface area (Å²) < 4.78 is 12.9. The summed E-state index contributed by atoms with van der Waals surface area (Å²) in [5, 5.41) is 0.349. The second-order valence-electron chi connectivity index (χ2n) is 3.57. The first-order valence-electron chi connectivity index (χ1n) is 4.95. The lowest BCUT2D eigenvalue weighted by molar-refractivity contribution is 0.627. The van der Waals surface area contributed by atoms with E-state index in [1.54, 1.807) is 13.0 Å². The lowest BCUT2D eigenvalue weighted by Crippen LogP contribution is -2.05. The highest BCUT2D eigenvalue weighted by atomic mass is 35.5. The minimum Gasteiger partial charge on any atom is -0.368 e. The lowest BCUT2D eigenvalue weighted by atomic mass is 10.1. The molecule has 0 amide bonds. The largest absolute Gasteiger partial charge is 0.368 e. The van der Waals surface area contributed by atoms with Crippen LogP contribution in [0.5, 0.6) is 0 Å². The van der Waals surface area contributed by atoms with E-state index in [0.717, 1.165) is 5.56 Å². The molecule has 0 fully saturated rings. The summed E-state index contributed by atoms with van der Waals surface area (Å²) in [6, 6.07) is 4.21. The predicted octanol–water partition coefficient (Wildman–Crippen LogP) is 2.15. The van der Waals surface area contributed by atoms with Crippen LogP contribution in [0.4, 0.5) is 10.3 Å². The number of rotatable bonds is 2. The molecule has 0 unspecified atom stereocenters. The van der Waals surface area contributed by atoms with Gasteiger partial charge in [-0.25, -0.2) is 9.37 Å². The number of aromatic nitrogens is 3. The average Bonchev–Trinajstić information content (AvgIpc) is 2.21. The number of aryl methyl sites for hydroxylation is 1. The van der Waals surface area contributed by atoms with E-state index in [-0.39, 0.29) is 11.8 Å². The highest BCUT2D eigenvalue weighted by Crippen LogP contribution is 2.19. The third-order valence-electron chi connectivity index (χ3n) is 2.17. The van der Waals surface area contributed by atoms with Crippen LogP contribution in [-0.2, 0) is 6.42 Å². The Morgan fingerprint density at radius 1 is 1.29 bits per heavy atom. The van der Waals surface area contributed by atoms with E-state index < -0.39 is 0 Å². The number of nitrogens with two attached hydrogens (primary N) is 1. The van der Waals surface area contributed by atoms with Gasteiger partial charge in [-0.1, -0.05) is 17.7 Å². The van der Waals surface area contributed by atoms with Gasteiger partial charge >= 0.3 is 0 Å². The summed E-state index contributed by atoms with van der Waals surface area (Å²) in [5.74, 6) is 0.866. The van der Waals surface area contributed by atoms with E-state index in [9.17, 15) is 4.39 Å². The summed E-state index contributed by atoms with van der Waals surface area (Å²) in [4.78, 5) is 12.0. The van der Waals surface area contributed by atoms with Gasteiger partial charge in [-0.2, -0.15) is 9.97 Å². The molecule has 0 saturated carbocycles. The molecule has 6 heteroatoms. The molecule has 2 N–H and O–H groups in total. The maximum atomic E-state index is 12.9. The van der Waals surface area contributed by atoms with Gasteiger partial charge in [0.1, 0.15) is 17.5 Å². The van der Waals surface area contributed by atoms with Crippen LogP contribution in [0.25, 0.3) is 0 Å². The van der Waals surface area contributed by atoms with Gasteiger partial charge in [0.25, 0.3) is 0 Å². The molecule has 88 valence electrons. The van der Waals surface area contributed by atoms with Crippen LogP contribution in [-0.4, -0.2) is 15.0 Å². The van der Waals surface area contributed by atoms with Crippen LogP contribution in [0.15, 0.2) is 18.2 Å². The molecule has 0 aliphatic heterocycles. The van der Waals surface area contributed by atoms with Crippen molar-refractivity contribution < 1.29 is 4.39 Å². The number of nitrogen functional groups attached to an aromatic ring is 1. The molecule has 4 nitrogen and oxygen atoms in total. The van der Waals surface area contributed by atoms with Gasteiger partial charge in [0, 0.05) is 11.4 Å². The molecule has 0 atom stereocenters. The van der Waals surface area contributed by atoms with Crippen LogP contribution < -0.4 is 5.73 Å². The fourth-order valence-corrected chi connectivity index (χ4v) is 1.71. The average molecular weight is 253 g/mol. The number of halogens is 2. The third-order valence-corrected chi connectivity index (χ3v) is 2.53. The van der Waals surface area contributed by atoms with E-state index in [2.05, 4.69) is 15.0 Å². The molecule has 2 aromatic rings. The van der Waals surface area contributed by atoms with Crippen molar-refractivity contribution in [3.8, 4) is 0 Å². The van der Waals surface area contributed by atoms with Crippen molar-refractivity contribution in [3.05, 3.63) is 46.3 Å². The topological polar surface area (TPSA) is 64.7 Å². The Morgan fingerprint density at radius 3 is 2.71 bits per heavy atom. The van der Waals surface area contributed by atoms with Crippen molar-refractivity contribution in [1.29, 1.82) is 0 Å². The summed E-state index contributed by atoms with van der Waals surface area (Å²) in [5.41, 5.74) is 6.27. The van der Waals surface area contributed by atoms with E-state index in [1.807, 2.05) is 0 Å². The Kier molecular flexibility index (Phi) is 3.19. The molecule has 0 radical (unpaired) electrons. The SMILES string of the molecule is Cc1nc(N)nc(Cc2ccc(F)cc2Cl)n1. The highest BCUT2D eigenvalue weighted by Gasteiger charge is 2.07. The molecule has 17 heavy (non-hydrogen) atoms. The molecule has 2 rings (SSSR count). The normalized spacial score (nSPS) is 10.5. The van der Waals surface area contributed by atoms with Gasteiger partial charge in [0.2, 0.25) is 5.95 Å². The van der Waals surface area contributed by atoms with Crippen molar-refractivity contribution in [2.24, 2.45) is 0 Å². The van der Waals surface area contributed by atoms with Gasteiger partial charge in [0.15, 0.2) is 0 Å². The zero-order chi connectivity index (χ0) is 12.4. The predicted molar refractivity (Wildman–Crippen MR) is 63.2 cm³/mol.